The van der Waals surface area contributed by atoms with Crippen molar-refractivity contribution in [2.24, 2.45) is 5.73 Å². The van der Waals surface area contributed by atoms with Crippen LogP contribution in [0.25, 0.3) is 0 Å². The van der Waals surface area contributed by atoms with E-state index in [-0.39, 0.29) is 48.7 Å². The molecule has 0 unspecified atom stereocenters. The number of carboxylic acid groups (broad SMARTS) is 1. The van der Waals surface area contributed by atoms with Crippen LogP contribution in [0.1, 0.15) is 35.2 Å². The monoisotopic (exact) mass is 537 g/mol. The molecule has 3 rings (SSSR count). The summed E-state index contributed by atoms with van der Waals surface area (Å²) in [7, 11) is 0. The third kappa shape index (κ3) is 7.80. The number of hydrogen-bond donors (Lipinski definition) is 3. The molecule has 12 heteroatoms. The van der Waals surface area contributed by atoms with Crippen LogP contribution in [0.3, 0.4) is 0 Å². The first-order chi connectivity index (χ1) is 17.5. The number of hydrogen-bond acceptors (Lipinski definition) is 6. The van der Waals surface area contributed by atoms with E-state index in [1.165, 1.54) is 0 Å². The second kappa shape index (κ2) is 12.7. The number of halogens is 3. The maximum Gasteiger partial charge on any atom is 0.326 e. The lowest BCUT2D eigenvalue weighted by atomic mass is 10.0. The summed E-state index contributed by atoms with van der Waals surface area (Å²) in [6, 6.07) is 6.94. The SMILES string of the molecule is N[C@@H](CC(=O)N[C@H]1C[C@@H](C(=O)O)N(C(=O)CCSC(=O)c2ccccc2)C1)Cc1cc(F)c(F)cc1F. The molecule has 2 aromatic carbocycles. The lowest BCUT2D eigenvalue weighted by Crippen LogP contribution is -2.42. The Balaban J connectivity index is 1.49. The van der Waals surface area contributed by atoms with E-state index in [9.17, 15) is 37.5 Å². The van der Waals surface area contributed by atoms with Gasteiger partial charge < -0.3 is 21.1 Å². The molecule has 1 heterocycles. The second-order valence-corrected chi connectivity index (χ2v) is 9.75. The van der Waals surface area contributed by atoms with Crippen LogP contribution in [0.15, 0.2) is 42.5 Å². The van der Waals surface area contributed by atoms with Crippen molar-refractivity contribution in [3.63, 3.8) is 0 Å². The number of aliphatic carboxylic acids is 1. The van der Waals surface area contributed by atoms with Crippen molar-refractivity contribution >= 4 is 34.7 Å². The number of amides is 2. The second-order valence-electron chi connectivity index (χ2n) is 8.68. The Kier molecular flexibility index (Phi) is 9.70. The first kappa shape index (κ1) is 28.2. The largest absolute Gasteiger partial charge is 0.480 e. The number of carboxylic acids is 1. The van der Waals surface area contributed by atoms with Crippen LogP contribution in [0, 0.1) is 17.5 Å². The molecule has 0 aromatic heterocycles. The normalized spacial score (nSPS) is 17.9. The molecule has 1 saturated heterocycles. The highest BCUT2D eigenvalue weighted by Gasteiger charge is 2.40. The fourth-order valence-corrected chi connectivity index (χ4v) is 4.85. The lowest BCUT2D eigenvalue weighted by Gasteiger charge is -2.21. The van der Waals surface area contributed by atoms with E-state index in [0.29, 0.717) is 17.7 Å². The number of nitrogens with two attached hydrogens (primary N) is 1. The van der Waals surface area contributed by atoms with Gasteiger partial charge in [-0.2, -0.15) is 0 Å². The van der Waals surface area contributed by atoms with Crippen LogP contribution in [0.2, 0.25) is 0 Å². The van der Waals surface area contributed by atoms with Gasteiger partial charge in [-0.25, -0.2) is 18.0 Å². The third-order valence-electron chi connectivity index (χ3n) is 5.85. The minimum atomic E-state index is -1.33. The highest BCUT2D eigenvalue weighted by Crippen LogP contribution is 2.22. The Morgan fingerprint density at radius 2 is 1.76 bits per heavy atom. The summed E-state index contributed by atoms with van der Waals surface area (Å²) in [6.45, 7) is -0.0358. The third-order valence-corrected chi connectivity index (χ3v) is 6.76. The minimum Gasteiger partial charge on any atom is -0.480 e. The molecule has 1 aliphatic rings. The summed E-state index contributed by atoms with van der Waals surface area (Å²) < 4.78 is 40.3. The smallest absolute Gasteiger partial charge is 0.326 e. The molecule has 0 radical (unpaired) electrons. The number of likely N-dealkylation sites (tertiary alicyclic amines) is 1. The van der Waals surface area contributed by atoms with E-state index in [0.717, 1.165) is 16.7 Å². The Labute approximate surface area is 215 Å². The van der Waals surface area contributed by atoms with Crippen LogP contribution in [0.4, 0.5) is 13.2 Å². The van der Waals surface area contributed by atoms with Gasteiger partial charge in [0.1, 0.15) is 11.9 Å². The molecule has 1 fully saturated rings. The zero-order valence-corrected chi connectivity index (χ0v) is 20.5. The molecule has 3 atom stereocenters. The van der Waals surface area contributed by atoms with Gasteiger partial charge >= 0.3 is 5.97 Å². The van der Waals surface area contributed by atoms with E-state index >= 15 is 0 Å². The van der Waals surface area contributed by atoms with Crippen molar-refractivity contribution in [3.8, 4) is 0 Å². The predicted molar refractivity (Wildman–Crippen MR) is 130 cm³/mol. The predicted octanol–water partition coefficient (Wildman–Crippen LogP) is 2.50. The molecule has 0 aliphatic carbocycles. The Bertz CT molecular complexity index is 1170. The van der Waals surface area contributed by atoms with Gasteiger partial charge in [0, 0.05) is 55.3 Å². The fraction of sp³-hybridized carbons (Fsp3) is 0.360. The Morgan fingerprint density at radius 3 is 2.43 bits per heavy atom. The molecule has 0 saturated carbocycles. The van der Waals surface area contributed by atoms with Crippen molar-refractivity contribution in [2.75, 3.05) is 12.3 Å². The van der Waals surface area contributed by atoms with E-state index in [1.54, 1.807) is 30.3 Å². The molecule has 198 valence electrons. The minimum absolute atomic E-state index is 0.0179. The zero-order chi connectivity index (χ0) is 27.1. The molecular weight excluding hydrogens is 511 g/mol. The average molecular weight is 538 g/mol. The van der Waals surface area contributed by atoms with Crippen LogP contribution < -0.4 is 11.1 Å². The summed E-state index contributed by atoms with van der Waals surface area (Å²) in [4.78, 5) is 50.2. The molecule has 2 amide bonds. The number of nitrogens with one attached hydrogen (secondary N) is 1. The molecule has 4 N–H and O–H groups in total. The van der Waals surface area contributed by atoms with Gasteiger partial charge in [0.05, 0.1) is 0 Å². The summed E-state index contributed by atoms with van der Waals surface area (Å²) >= 11 is 0.959. The quantitative estimate of drug-likeness (QED) is 0.397. The highest BCUT2D eigenvalue weighted by molar-refractivity contribution is 8.14. The molecule has 1 aliphatic heterocycles. The van der Waals surface area contributed by atoms with Gasteiger partial charge in [0.15, 0.2) is 11.6 Å². The molecule has 0 bridgehead atoms. The van der Waals surface area contributed by atoms with Gasteiger partial charge in [-0.3, -0.25) is 14.4 Å². The van der Waals surface area contributed by atoms with Gasteiger partial charge in [-0.1, -0.05) is 42.1 Å². The number of rotatable bonds is 10. The first-order valence-corrected chi connectivity index (χ1v) is 12.5. The zero-order valence-electron chi connectivity index (χ0n) is 19.7. The van der Waals surface area contributed by atoms with E-state index in [2.05, 4.69) is 5.32 Å². The van der Waals surface area contributed by atoms with Gasteiger partial charge in [0.2, 0.25) is 16.9 Å². The number of benzene rings is 2. The van der Waals surface area contributed by atoms with Gasteiger partial charge in [-0.05, 0) is 18.1 Å². The van der Waals surface area contributed by atoms with Crippen LogP contribution >= 0.6 is 11.8 Å². The van der Waals surface area contributed by atoms with Crippen LogP contribution in [0.5, 0.6) is 0 Å². The molecule has 37 heavy (non-hydrogen) atoms. The Hall–Kier alpha value is -3.38. The summed E-state index contributed by atoms with van der Waals surface area (Å²) in [6.07, 6.45) is -0.573. The average Bonchev–Trinajstić information content (AvgIpc) is 3.27. The summed E-state index contributed by atoms with van der Waals surface area (Å²) in [5.74, 6) is -5.60. The van der Waals surface area contributed by atoms with Crippen molar-refractivity contribution in [2.45, 2.75) is 43.8 Å². The maximum atomic E-state index is 13.8. The summed E-state index contributed by atoms with van der Waals surface area (Å²) in [5, 5.41) is 12.0. The fourth-order valence-electron chi connectivity index (χ4n) is 4.08. The molecular formula is C25H26F3N3O5S. The summed E-state index contributed by atoms with van der Waals surface area (Å²) in [5.41, 5.74) is 6.20. The highest BCUT2D eigenvalue weighted by atomic mass is 32.2. The van der Waals surface area contributed by atoms with Crippen LogP contribution in [-0.2, 0) is 20.8 Å². The molecule has 2 aromatic rings. The number of thioether (sulfide) groups is 1. The number of carbonyl (C=O) groups excluding carboxylic acids is 3. The van der Waals surface area contributed by atoms with Crippen LogP contribution in [-0.4, -0.2) is 63.3 Å². The standard InChI is InChI=1S/C25H26F3N3O5S/c26-18-12-20(28)19(27)9-15(18)8-16(29)10-22(32)30-17-11-21(24(34)35)31(13-17)23(33)6-7-37-25(36)14-4-2-1-3-5-14/h1-5,9,12,16-17,21H,6-8,10-11,13,29H2,(H,30,32)(H,34,35)/t16-,17+,21+/m1/s1. The van der Waals surface area contributed by atoms with E-state index in [1.807, 2.05) is 0 Å². The Morgan fingerprint density at radius 1 is 1.08 bits per heavy atom. The van der Waals surface area contributed by atoms with Crippen molar-refractivity contribution in [3.05, 3.63) is 71.0 Å². The number of nitrogens with zero attached hydrogens (tertiary/aromatic N) is 1. The first-order valence-electron chi connectivity index (χ1n) is 11.5. The maximum absolute atomic E-state index is 13.8. The molecule has 0 spiro atoms. The number of carbonyl (C=O) groups is 4. The lowest BCUT2D eigenvalue weighted by molar-refractivity contribution is -0.148. The van der Waals surface area contributed by atoms with E-state index in [4.69, 9.17) is 5.73 Å². The van der Waals surface area contributed by atoms with Gasteiger partial charge in [0.25, 0.3) is 0 Å². The van der Waals surface area contributed by atoms with Crippen molar-refractivity contribution in [1.29, 1.82) is 0 Å². The topological polar surface area (TPSA) is 130 Å². The van der Waals surface area contributed by atoms with Crippen molar-refractivity contribution < 1.29 is 37.5 Å². The van der Waals surface area contributed by atoms with E-state index < -0.39 is 53.4 Å². The van der Waals surface area contributed by atoms with Crippen molar-refractivity contribution in [1.82, 2.24) is 10.2 Å². The molecule has 8 nitrogen and oxygen atoms in total. The van der Waals surface area contributed by atoms with Gasteiger partial charge in [-0.15, -0.1) is 0 Å².